The third-order valence-electron chi connectivity index (χ3n) is 7.37. The van der Waals surface area contributed by atoms with Gasteiger partial charge in [-0.15, -0.1) is 0 Å². The van der Waals surface area contributed by atoms with Crippen molar-refractivity contribution in [1.29, 1.82) is 0 Å². The largest absolute Gasteiger partial charge is 0.329 e. The number of hydrogen-bond acceptors (Lipinski definition) is 4. The van der Waals surface area contributed by atoms with Gasteiger partial charge in [-0.25, -0.2) is 18.1 Å². The molecule has 0 aromatic heterocycles. The number of imide groups is 1. The fourth-order valence-electron chi connectivity index (χ4n) is 5.01. The van der Waals surface area contributed by atoms with Gasteiger partial charge < -0.3 is 10.2 Å². The first-order chi connectivity index (χ1) is 15.1. The first-order valence-electron chi connectivity index (χ1n) is 11.7. The first kappa shape index (κ1) is 23.2. The maximum atomic E-state index is 13.1. The number of amides is 3. The van der Waals surface area contributed by atoms with Crippen LogP contribution in [0.2, 0.25) is 0 Å². The molecule has 3 fully saturated rings. The number of urea groups is 1. The lowest BCUT2D eigenvalue weighted by molar-refractivity contribution is -0.910. The molecule has 3 amide bonds. The minimum atomic E-state index is -3.54. The third-order valence-corrected chi connectivity index (χ3v) is 9.28. The van der Waals surface area contributed by atoms with Gasteiger partial charge in [0.15, 0.2) is 6.67 Å². The Balaban J connectivity index is 1.36. The van der Waals surface area contributed by atoms with Gasteiger partial charge in [0.2, 0.25) is 10.0 Å². The second kappa shape index (κ2) is 8.76. The molecular weight excluding hydrogens is 428 g/mol. The van der Waals surface area contributed by atoms with Crippen LogP contribution in [0.5, 0.6) is 0 Å². The molecular formula is C23H35N4O4S+. The maximum Gasteiger partial charge on any atom is 0.329 e. The second-order valence-electron chi connectivity index (χ2n) is 9.96. The second-order valence-corrected chi connectivity index (χ2v) is 11.9. The normalized spacial score (nSPS) is 28.0. The number of benzene rings is 1. The number of carbonyl (C=O) groups excluding carboxylic acids is 2. The van der Waals surface area contributed by atoms with Crippen molar-refractivity contribution in [2.24, 2.45) is 5.92 Å². The van der Waals surface area contributed by atoms with Crippen molar-refractivity contribution in [1.82, 2.24) is 14.5 Å². The average Bonchev–Trinajstić information content (AvgIpc) is 3.00. The average molecular weight is 464 g/mol. The predicted octanol–water partition coefficient (Wildman–Crippen LogP) is 1.16. The van der Waals surface area contributed by atoms with Gasteiger partial charge in [0.1, 0.15) is 5.54 Å². The monoisotopic (exact) mass is 463 g/mol. The Morgan fingerprint density at radius 3 is 2.25 bits per heavy atom. The van der Waals surface area contributed by atoms with Gasteiger partial charge in [-0.1, -0.05) is 32.9 Å². The molecule has 1 aromatic carbocycles. The molecule has 0 radical (unpaired) electrons. The third kappa shape index (κ3) is 4.30. The number of rotatable bonds is 5. The molecule has 2 saturated heterocycles. The molecule has 3 aliphatic rings. The zero-order chi connectivity index (χ0) is 23.1. The number of hydrogen-bond donors (Lipinski definition) is 2. The lowest BCUT2D eigenvalue weighted by Crippen LogP contribution is -3.16. The highest BCUT2D eigenvalue weighted by atomic mass is 32.2. The Bertz CT molecular complexity index is 960. The van der Waals surface area contributed by atoms with E-state index < -0.39 is 15.6 Å². The fourth-order valence-corrected chi connectivity index (χ4v) is 6.45. The van der Waals surface area contributed by atoms with Crippen molar-refractivity contribution in [3.63, 3.8) is 0 Å². The summed E-state index contributed by atoms with van der Waals surface area (Å²) in [5.41, 5.74) is 0.382. The van der Waals surface area contributed by atoms with Gasteiger partial charge in [-0.05, 0) is 55.2 Å². The van der Waals surface area contributed by atoms with Crippen LogP contribution in [0.3, 0.4) is 0 Å². The summed E-state index contributed by atoms with van der Waals surface area (Å²) in [6, 6.07) is 6.80. The molecule has 1 spiro atoms. The Hall–Kier alpha value is -1.97. The van der Waals surface area contributed by atoms with Crippen LogP contribution < -0.4 is 10.2 Å². The summed E-state index contributed by atoms with van der Waals surface area (Å²) in [5, 5.41) is 2.96. The SMILES string of the molecule is CC1CCC2(CC1)NC(=O)N(C[NH+]1CCN(S(=O)(=O)c3ccc(C(C)C)cc3)CC1)C2=O. The van der Waals surface area contributed by atoms with Crippen molar-refractivity contribution < 1.29 is 22.9 Å². The molecule has 0 unspecified atom stereocenters. The molecule has 8 nitrogen and oxygen atoms in total. The number of nitrogens with one attached hydrogen (secondary N) is 2. The van der Waals surface area contributed by atoms with Crippen molar-refractivity contribution in [2.45, 2.75) is 62.8 Å². The summed E-state index contributed by atoms with van der Waals surface area (Å²) in [4.78, 5) is 28.4. The Morgan fingerprint density at radius 2 is 1.69 bits per heavy atom. The molecule has 2 heterocycles. The van der Waals surface area contributed by atoms with E-state index in [2.05, 4.69) is 26.1 Å². The van der Waals surface area contributed by atoms with E-state index in [-0.39, 0.29) is 11.9 Å². The molecule has 2 aliphatic heterocycles. The van der Waals surface area contributed by atoms with Gasteiger partial charge in [0.25, 0.3) is 5.91 Å². The molecule has 4 rings (SSSR count). The molecule has 9 heteroatoms. The topological polar surface area (TPSA) is 91.2 Å². The summed E-state index contributed by atoms with van der Waals surface area (Å²) in [5.74, 6) is 0.823. The Morgan fingerprint density at radius 1 is 1.09 bits per heavy atom. The molecule has 32 heavy (non-hydrogen) atoms. The van der Waals surface area contributed by atoms with E-state index in [1.54, 1.807) is 12.1 Å². The quantitative estimate of drug-likeness (QED) is 0.641. The molecule has 1 aliphatic carbocycles. The van der Waals surface area contributed by atoms with Crippen molar-refractivity contribution in [3.8, 4) is 0 Å². The first-order valence-corrected chi connectivity index (χ1v) is 13.1. The van der Waals surface area contributed by atoms with Crippen LogP contribution in [0.25, 0.3) is 0 Å². The molecule has 1 saturated carbocycles. The highest BCUT2D eigenvalue weighted by Gasteiger charge is 2.53. The molecule has 2 N–H and O–H groups in total. The summed E-state index contributed by atoms with van der Waals surface area (Å²) in [6.07, 6.45) is 3.29. The van der Waals surface area contributed by atoms with Gasteiger partial charge in [-0.3, -0.25) is 4.79 Å². The Labute approximate surface area is 191 Å². The number of sulfonamides is 1. The number of piperazine rings is 1. The van der Waals surface area contributed by atoms with Crippen molar-refractivity contribution in [3.05, 3.63) is 29.8 Å². The van der Waals surface area contributed by atoms with Gasteiger partial charge in [0.05, 0.1) is 31.1 Å². The van der Waals surface area contributed by atoms with Crippen LogP contribution in [0.1, 0.15) is 57.9 Å². The van der Waals surface area contributed by atoms with Crippen LogP contribution in [0, 0.1) is 5.92 Å². The smallest absolute Gasteiger partial charge is 0.323 e. The summed E-state index contributed by atoms with van der Waals surface area (Å²) < 4.78 is 27.6. The van der Waals surface area contributed by atoms with E-state index in [1.165, 1.54) is 9.21 Å². The number of quaternary nitrogens is 1. The maximum absolute atomic E-state index is 13.1. The molecule has 0 bridgehead atoms. The van der Waals surface area contributed by atoms with E-state index >= 15 is 0 Å². The molecule has 1 aromatic rings. The van der Waals surface area contributed by atoms with Gasteiger partial charge in [-0.2, -0.15) is 4.31 Å². The van der Waals surface area contributed by atoms with E-state index in [4.69, 9.17) is 0 Å². The van der Waals surface area contributed by atoms with Crippen LogP contribution in [-0.2, 0) is 14.8 Å². The number of nitrogens with zero attached hydrogens (tertiary/aromatic N) is 2. The summed E-state index contributed by atoms with van der Waals surface area (Å²) in [7, 11) is -3.54. The zero-order valence-electron chi connectivity index (χ0n) is 19.3. The van der Waals surface area contributed by atoms with Crippen LogP contribution >= 0.6 is 0 Å². The van der Waals surface area contributed by atoms with Gasteiger partial charge in [0, 0.05) is 0 Å². The minimum absolute atomic E-state index is 0.109. The lowest BCUT2D eigenvalue weighted by Gasteiger charge is -2.34. The highest BCUT2D eigenvalue weighted by molar-refractivity contribution is 7.89. The van der Waals surface area contributed by atoms with E-state index in [0.717, 1.165) is 23.3 Å². The molecule has 0 atom stereocenters. The van der Waals surface area contributed by atoms with Crippen LogP contribution in [0.15, 0.2) is 29.2 Å². The molecule has 176 valence electrons. The van der Waals surface area contributed by atoms with E-state index in [0.29, 0.717) is 62.4 Å². The summed E-state index contributed by atoms with van der Waals surface area (Å²) >= 11 is 0. The van der Waals surface area contributed by atoms with Crippen LogP contribution in [0.4, 0.5) is 4.79 Å². The zero-order valence-corrected chi connectivity index (χ0v) is 20.1. The highest BCUT2D eigenvalue weighted by Crippen LogP contribution is 2.36. The van der Waals surface area contributed by atoms with E-state index in [1.807, 2.05) is 12.1 Å². The standard InChI is InChI=1S/C23H34N4O4S/c1-17(2)19-4-6-20(7-5-19)32(30,31)26-14-12-25(13-15-26)16-27-21(28)23(24-22(27)29)10-8-18(3)9-11-23/h4-7,17-18H,8-16H2,1-3H3,(H,24,29)/p+1. The van der Waals surface area contributed by atoms with E-state index in [9.17, 15) is 18.0 Å². The minimum Gasteiger partial charge on any atom is -0.323 e. The van der Waals surface area contributed by atoms with Crippen molar-refractivity contribution >= 4 is 22.0 Å². The predicted molar refractivity (Wildman–Crippen MR) is 121 cm³/mol. The lowest BCUT2D eigenvalue weighted by atomic mass is 9.77. The van der Waals surface area contributed by atoms with Crippen LogP contribution in [-0.4, -0.2) is 67.9 Å². The fraction of sp³-hybridized carbons (Fsp3) is 0.652. The number of carbonyl (C=O) groups is 2. The summed E-state index contributed by atoms with van der Waals surface area (Å²) in [6.45, 7) is 8.49. The van der Waals surface area contributed by atoms with Gasteiger partial charge >= 0.3 is 6.03 Å². The Kier molecular flexibility index (Phi) is 6.35. The van der Waals surface area contributed by atoms with Crippen molar-refractivity contribution in [2.75, 3.05) is 32.8 Å².